The van der Waals surface area contributed by atoms with Gasteiger partial charge in [-0.1, -0.05) is 18.2 Å². The molecule has 1 amide bonds. The average Bonchev–Trinajstić information content (AvgIpc) is 3.11. The van der Waals surface area contributed by atoms with E-state index >= 15 is 0 Å². The van der Waals surface area contributed by atoms with Crippen molar-refractivity contribution in [1.29, 1.82) is 0 Å². The fraction of sp³-hybridized carbons (Fsp3) is 0.176. The van der Waals surface area contributed by atoms with Crippen LogP contribution in [-0.4, -0.2) is 26.9 Å². The van der Waals surface area contributed by atoms with Crippen LogP contribution < -0.4 is 10.5 Å². The van der Waals surface area contributed by atoms with Crippen molar-refractivity contribution in [3.05, 3.63) is 58.3 Å². The Bertz CT molecular complexity index is 888. The van der Waals surface area contributed by atoms with Crippen LogP contribution in [-0.2, 0) is 24.3 Å². The third kappa shape index (κ3) is 6.10. The smallest absolute Gasteiger partial charge is 0.331 e. The van der Waals surface area contributed by atoms with E-state index in [0.717, 1.165) is 4.88 Å². The van der Waals surface area contributed by atoms with E-state index in [4.69, 9.17) is 9.88 Å². The highest BCUT2D eigenvalue weighted by atomic mass is 32.2. The zero-order valence-electron chi connectivity index (χ0n) is 13.9. The van der Waals surface area contributed by atoms with E-state index in [1.165, 1.54) is 29.5 Å². The SMILES string of the molecule is C[C@@H](NC(=O)COC(=O)/C=C/c1cccs1)c1ccc(S(N)(=O)=O)cc1. The summed E-state index contributed by atoms with van der Waals surface area (Å²) in [6, 6.07) is 9.16. The molecule has 9 heteroatoms. The van der Waals surface area contributed by atoms with Crippen LogP contribution >= 0.6 is 11.3 Å². The number of sulfonamides is 1. The molecular formula is C17H18N2O5S2. The average molecular weight is 394 g/mol. The van der Waals surface area contributed by atoms with E-state index in [0.29, 0.717) is 5.56 Å². The molecule has 2 rings (SSSR count). The molecule has 0 bridgehead atoms. The van der Waals surface area contributed by atoms with Gasteiger partial charge in [0.15, 0.2) is 6.61 Å². The van der Waals surface area contributed by atoms with Gasteiger partial charge in [0.2, 0.25) is 10.0 Å². The summed E-state index contributed by atoms with van der Waals surface area (Å²) in [5.74, 6) is -1.08. The second-order valence-electron chi connectivity index (χ2n) is 5.36. The van der Waals surface area contributed by atoms with Crippen molar-refractivity contribution >= 4 is 39.3 Å². The van der Waals surface area contributed by atoms with Crippen molar-refractivity contribution in [2.24, 2.45) is 5.14 Å². The number of hydrogen-bond donors (Lipinski definition) is 2. The van der Waals surface area contributed by atoms with Crippen LogP contribution in [0.2, 0.25) is 0 Å². The fourth-order valence-corrected chi connectivity index (χ4v) is 3.17. The Morgan fingerprint density at radius 1 is 1.27 bits per heavy atom. The number of ether oxygens (including phenoxy) is 1. The maximum absolute atomic E-state index is 11.9. The van der Waals surface area contributed by atoms with Gasteiger partial charge in [-0.15, -0.1) is 11.3 Å². The molecule has 7 nitrogen and oxygen atoms in total. The molecule has 0 aliphatic rings. The molecule has 1 atom stereocenters. The van der Waals surface area contributed by atoms with Crippen molar-refractivity contribution in [2.45, 2.75) is 17.9 Å². The van der Waals surface area contributed by atoms with Crippen molar-refractivity contribution in [1.82, 2.24) is 5.32 Å². The van der Waals surface area contributed by atoms with E-state index in [2.05, 4.69) is 5.32 Å². The van der Waals surface area contributed by atoms with Gasteiger partial charge in [0.1, 0.15) is 0 Å². The maximum Gasteiger partial charge on any atom is 0.331 e. The molecule has 1 heterocycles. The summed E-state index contributed by atoms with van der Waals surface area (Å²) in [5, 5.41) is 9.58. The zero-order chi connectivity index (χ0) is 19.2. The molecule has 138 valence electrons. The summed E-state index contributed by atoms with van der Waals surface area (Å²) in [6.45, 7) is 1.32. The molecule has 0 aliphatic heterocycles. The lowest BCUT2D eigenvalue weighted by molar-refractivity contribution is -0.144. The van der Waals surface area contributed by atoms with E-state index < -0.39 is 34.5 Å². The number of rotatable bonds is 7. The van der Waals surface area contributed by atoms with Gasteiger partial charge >= 0.3 is 5.97 Å². The normalized spacial score (nSPS) is 12.7. The van der Waals surface area contributed by atoms with E-state index in [1.807, 2.05) is 17.5 Å². The fourth-order valence-electron chi connectivity index (χ4n) is 2.03. The van der Waals surface area contributed by atoms with Gasteiger partial charge in [0, 0.05) is 11.0 Å². The van der Waals surface area contributed by atoms with Crippen molar-refractivity contribution < 1.29 is 22.7 Å². The van der Waals surface area contributed by atoms with Crippen LogP contribution in [0.3, 0.4) is 0 Å². The highest BCUT2D eigenvalue weighted by molar-refractivity contribution is 7.89. The third-order valence-electron chi connectivity index (χ3n) is 3.36. The lowest BCUT2D eigenvalue weighted by Crippen LogP contribution is -2.30. The van der Waals surface area contributed by atoms with Gasteiger partial charge < -0.3 is 10.1 Å². The van der Waals surface area contributed by atoms with E-state index in [9.17, 15) is 18.0 Å². The molecule has 26 heavy (non-hydrogen) atoms. The predicted molar refractivity (Wildman–Crippen MR) is 98.7 cm³/mol. The number of thiophene rings is 1. The minimum Gasteiger partial charge on any atom is -0.452 e. The van der Waals surface area contributed by atoms with Crippen LogP contribution in [0.1, 0.15) is 23.4 Å². The zero-order valence-corrected chi connectivity index (χ0v) is 15.5. The van der Waals surface area contributed by atoms with Crippen molar-refractivity contribution in [3.8, 4) is 0 Å². The van der Waals surface area contributed by atoms with Gasteiger partial charge in [0.25, 0.3) is 5.91 Å². The standard InChI is InChI=1S/C17H18N2O5S2/c1-12(13-4-7-15(8-5-13)26(18,22)23)19-16(20)11-24-17(21)9-6-14-3-2-10-25-14/h2-10,12H,11H2,1H3,(H,19,20)(H2,18,22,23)/b9-6+/t12-/m1/s1. The number of amides is 1. The molecule has 2 aromatic rings. The Morgan fingerprint density at radius 3 is 2.54 bits per heavy atom. The van der Waals surface area contributed by atoms with E-state index in [1.54, 1.807) is 25.1 Å². The third-order valence-corrected chi connectivity index (χ3v) is 5.13. The molecule has 0 saturated carbocycles. The van der Waals surface area contributed by atoms with E-state index in [-0.39, 0.29) is 4.90 Å². The van der Waals surface area contributed by atoms with Gasteiger partial charge in [-0.2, -0.15) is 0 Å². The number of benzene rings is 1. The molecule has 0 spiro atoms. The Kier molecular flexibility index (Phi) is 6.67. The molecule has 0 saturated heterocycles. The van der Waals surface area contributed by atoms with Crippen LogP contribution in [0.15, 0.2) is 52.7 Å². The highest BCUT2D eigenvalue weighted by Crippen LogP contribution is 2.15. The van der Waals surface area contributed by atoms with Crippen LogP contribution in [0.25, 0.3) is 6.08 Å². The summed E-state index contributed by atoms with van der Waals surface area (Å²) in [7, 11) is -3.76. The Balaban J connectivity index is 1.82. The number of hydrogen-bond acceptors (Lipinski definition) is 6. The molecular weight excluding hydrogens is 376 g/mol. The summed E-state index contributed by atoms with van der Waals surface area (Å²) in [5.41, 5.74) is 0.690. The van der Waals surface area contributed by atoms with Crippen LogP contribution in [0.5, 0.6) is 0 Å². The molecule has 1 aromatic carbocycles. The van der Waals surface area contributed by atoms with Crippen molar-refractivity contribution in [3.63, 3.8) is 0 Å². The second-order valence-corrected chi connectivity index (χ2v) is 7.90. The maximum atomic E-state index is 11.9. The molecule has 0 aliphatic carbocycles. The summed E-state index contributed by atoms with van der Waals surface area (Å²) < 4.78 is 27.3. The van der Waals surface area contributed by atoms with Gasteiger partial charge in [-0.05, 0) is 42.1 Å². The molecule has 3 N–H and O–H groups in total. The summed E-state index contributed by atoms with van der Waals surface area (Å²) >= 11 is 1.48. The first kappa shape index (κ1) is 19.8. The number of carbonyl (C=O) groups excluding carboxylic acids is 2. The topological polar surface area (TPSA) is 116 Å². The van der Waals surface area contributed by atoms with Gasteiger partial charge in [0.05, 0.1) is 10.9 Å². The largest absolute Gasteiger partial charge is 0.452 e. The minimum absolute atomic E-state index is 0.00812. The monoisotopic (exact) mass is 394 g/mol. The summed E-state index contributed by atoms with van der Waals surface area (Å²) in [4.78, 5) is 24.3. The number of nitrogens with two attached hydrogens (primary N) is 1. The van der Waals surface area contributed by atoms with Crippen molar-refractivity contribution in [2.75, 3.05) is 6.61 Å². The number of primary sulfonamides is 1. The first-order valence-electron chi connectivity index (χ1n) is 7.56. The van der Waals surface area contributed by atoms with Gasteiger partial charge in [-0.25, -0.2) is 18.4 Å². The van der Waals surface area contributed by atoms with Gasteiger partial charge in [-0.3, -0.25) is 4.79 Å². The summed E-state index contributed by atoms with van der Waals surface area (Å²) in [6.07, 6.45) is 2.87. The minimum atomic E-state index is -3.76. The van der Waals surface area contributed by atoms with Crippen LogP contribution in [0.4, 0.5) is 0 Å². The number of esters is 1. The molecule has 0 fully saturated rings. The molecule has 0 radical (unpaired) electrons. The number of carbonyl (C=O) groups is 2. The van der Waals surface area contributed by atoms with Crippen LogP contribution in [0, 0.1) is 0 Å². The Hall–Kier alpha value is -2.49. The number of nitrogens with one attached hydrogen (secondary N) is 1. The lowest BCUT2D eigenvalue weighted by atomic mass is 10.1. The first-order chi connectivity index (χ1) is 12.3. The lowest BCUT2D eigenvalue weighted by Gasteiger charge is -2.14. The highest BCUT2D eigenvalue weighted by Gasteiger charge is 2.13. The Labute approximate surface area is 155 Å². The first-order valence-corrected chi connectivity index (χ1v) is 9.99. The predicted octanol–water partition coefficient (Wildman–Crippen LogP) is 1.83. The Morgan fingerprint density at radius 2 is 1.96 bits per heavy atom. The quantitative estimate of drug-likeness (QED) is 0.549. The second kappa shape index (κ2) is 8.75. The molecule has 0 unspecified atom stereocenters. The molecule has 1 aromatic heterocycles.